The third-order valence-electron chi connectivity index (χ3n) is 2.64. The molecule has 1 unspecified atom stereocenters. The number of aryl methyl sites for hydroxylation is 2. The van der Waals surface area contributed by atoms with E-state index in [0.29, 0.717) is 6.61 Å². The van der Waals surface area contributed by atoms with Gasteiger partial charge in [-0.05, 0) is 38.8 Å². The highest BCUT2D eigenvalue weighted by atomic mass is 16.5. The first-order valence-electron chi connectivity index (χ1n) is 5.43. The lowest BCUT2D eigenvalue weighted by atomic mass is 9.89. The second-order valence-corrected chi connectivity index (χ2v) is 4.24. The summed E-state index contributed by atoms with van der Waals surface area (Å²) in [6.45, 7) is 7.76. The first-order chi connectivity index (χ1) is 7.39. The average molecular weight is 221 g/mol. The average Bonchev–Trinajstić information content (AvgIpc) is 2.17. The van der Waals surface area contributed by atoms with Gasteiger partial charge in [0.15, 0.2) is 0 Å². The summed E-state index contributed by atoms with van der Waals surface area (Å²) in [6.07, 6.45) is 0. The van der Waals surface area contributed by atoms with Crippen molar-refractivity contribution in [2.75, 3.05) is 6.61 Å². The molecule has 0 aromatic heterocycles. The van der Waals surface area contributed by atoms with Crippen molar-refractivity contribution < 1.29 is 9.53 Å². The SMILES string of the molecule is CCOC(=O)C(C)(N)c1ccc(C)cc1C. The lowest BCUT2D eigenvalue weighted by Crippen LogP contribution is -2.43. The summed E-state index contributed by atoms with van der Waals surface area (Å²) in [5.74, 6) is -0.387. The van der Waals surface area contributed by atoms with Crippen LogP contribution in [-0.4, -0.2) is 12.6 Å². The monoisotopic (exact) mass is 221 g/mol. The number of ether oxygens (including phenoxy) is 1. The number of hydrogen-bond acceptors (Lipinski definition) is 3. The zero-order valence-corrected chi connectivity index (χ0v) is 10.3. The molecule has 1 rings (SSSR count). The highest BCUT2D eigenvalue weighted by molar-refractivity contribution is 5.82. The number of hydrogen-bond donors (Lipinski definition) is 1. The molecule has 0 bridgehead atoms. The van der Waals surface area contributed by atoms with E-state index < -0.39 is 5.54 Å². The fourth-order valence-corrected chi connectivity index (χ4v) is 1.79. The van der Waals surface area contributed by atoms with Crippen molar-refractivity contribution in [3.8, 4) is 0 Å². The van der Waals surface area contributed by atoms with Crippen molar-refractivity contribution in [3.05, 3.63) is 34.9 Å². The van der Waals surface area contributed by atoms with Gasteiger partial charge in [-0.1, -0.05) is 23.8 Å². The molecule has 0 amide bonds. The van der Waals surface area contributed by atoms with Crippen LogP contribution in [0.15, 0.2) is 18.2 Å². The Morgan fingerprint density at radius 2 is 2.06 bits per heavy atom. The van der Waals surface area contributed by atoms with Crippen LogP contribution < -0.4 is 5.73 Å². The maximum Gasteiger partial charge on any atom is 0.330 e. The second-order valence-electron chi connectivity index (χ2n) is 4.24. The molecule has 0 heterocycles. The van der Waals surface area contributed by atoms with Crippen molar-refractivity contribution in [3.63, 3.8) is 0 Å². The molecule has 0 saturated heterocycles. The Balaban J connectivity index is 3.11. The molecule has 16 heavy (non-hydrogen) atoms. The molecule has 3 nitrogen and oxygen atoms in total. The quantitative estimate of drug-likeness (QED) is 0.795. The summed E-state index contributed by atoms with van der Waals surface area (Å²) in [7, 11) is 0. The largest absolute Gasteiger partial charge is 0.464 e. The van der Waals surface area contributed by atoms with Crippen LogP contribution in [0.4, 0.5) is 0 Å². The third kappa shape index (κ3) is 2.42. The Morgan fingerprint density at radius 3 is 2.56 bits per heavy atom. The van der Waals surface area contributed by atoms with Crippen molar-refractivity contribution >= 4 is 5.97 Å². The summed E-state index contributed by atoms with van der Waals surface area (Å²) in [4.78, 5) is 11.8. The number of nitrogens with two attached hydrogens (primary N) is 1. The Morgan fingerprint density at radius 1 is 1.44 bits per heavy atom. The van der Waals surface area contributed by atoms with E-state index in [2.05, 4.69) is 0 Å². The van der Waals surface area contributed by atoms with Crippen LogP contribution in [-0.2, 0) is 15.1 Å². The third-order valence-corrected chi connectivity index (χ3v) is 2.64. The summed E-state index contributed by atoms with van der Waals surface area (Å²) in [5, 5.41) is 0. The van der Waals surface area contributed by atoms with E-state index in [1.54, 1.807) is 13.8 Å². The van der Waals surface area contributed by atoms with Gasteiger partial charge in [0.2, 0.25) is 0 Å². The second kappa shape index (κ2) is 4.66. The molecule has 1 atom stereocenters. The molecule has 0 aliphatic carbocycles. The van der Waals surface area contributed by atoms with Crippen LogP contribution >= 0.6 is 0 Å². The fourth-order valence-electron chi connectivity index (χ4n) is 1.79. The number of carbonyl (C=O) groups excluding carboxylic acids is 1. The number of esters is 1. The topological polar surface area (TPSA) is 52.3 Å². The molecule has 0 fully saturated rings. The van der Waals surface area contributed by atoms with Gasteiger partial charge >= 0.3 is 5.97 Å². The van der Waals surface area contributed by atoms with Crippen molar-refractivity contribution in [2.45, 2.75) is 33.2 Å². The van der Waals surface area contributed by atoms with Crippen LogP contribution in [0.25, 0.3) is 0 Å². The molecule has 0 aliphatic rings. The van der Waals surface area contributed by atoms with Crippen LogP contribution in [0.3, 0.4) is 0 Å². The minimum absolute atomic E-state index is 0.344. The van der Waals surface area contributed by atoms with Gasteiger partial charge in [0.05, 0.1) is 6.61 Å². The maximum absolute atomic E-state index is 11.8. The highest BCUT2D eigenvalue weighted by Crippen LogP contribution is 2.23. The van der Waals surface area contributed by atoms with E-state index >= 15 is 0 Å². The number of carbonyl (C=O) groups is 1. The Labute approximate surface area is 96.6 Å². The molecule has 0 spiro atoms. The molecular formula is C13H19NO2. The molecule has 0 radical (unpaired) electrons. The Hall–Kier alpha value is -1.35. The van der Waals surface area contributed by atoms with Crippen LogP contribution in [0.2, 0.25) is 0 Å². The zero-order valence-electron chi connectivity index (χ0n) is 10.3. The predicted octanol–water partition coefficient (Wildman–Crippen LogP) is 2.04. The normalized spacial score (nSPS) is 14.3. The van der Waals surface area contributed by atoms with Crippen LogP contribution in [0.1, 0.15) is 30.5 Å². The molecule has 0 aliphatic heterocycles. The summed E-state index contributed by atoms with van der Waals surface area (Å²) in [6, 6.07) is 5.86. The van der Waals surface area contributed by atoms with Gasteiger partial charge in [-0.25, -0.2) is 4.79 Å². The van der Waals surface area contributed by atoms with Gasteiger partial charge in [-0.2, -0.15) is 0 Å². The molecule has 3 heteroatoms. The first kappa shape index (κ1) is 12.7. The van der Waals surface area contributed by atoms with E-state index in [1.807, 2.05) is 32.0 Å². The fraction of sp³-hybridized carbons (Fsp3) is 0.462. The van der Waals surface area contributed by atoms with Crippen LogP contribution in [0.5, 0.6) is 0 Å². The molecule has 1 aromatic carbocycles. The minimum atomic E-state index is -1.08. The smallest absolute Gasteiger partial charge is 0.330 e. The van der Waals surface area contributed by atoms with E-state index in [4.69, 9.17) is 10.5 Å². The van der Waals surface area contributed by atoms with E-state index in [1.165, 1.54) is 0 Å². The number of benzene rings is 1. The standard InChI is InChI=1S/C13H19NO2/c1-5-16-12(15)13(4,14)11-7-6-9(2)8-10(11)3/h6-8H,5,14H2,1-4H3. The molecular weight excluding hydrogens is 202 g/mol. The molecule has 88 valence electrons. The Bertz CT molecular complexity index is 397. The molecule has 1 aromatic rings. The molecule has 0 saturated carbocycles. The van der Waals surface area contributed by atoms with E-state index in [9.17, 15) is 4.79 Å². The van der Waals surface area contributed by atoms with Gasteiger partial charge in [0.1, 0.15) is 5.54 Å². The lowest BCUT2D eigenvalue weighted by Gasteiger charge is -2.24. The van der Waals surface area contributed by atoms with E-state index in [-0.39, 0.29) is 5.97 Å². The Kier molecular flexibility index (Phi) is 3.70. The van der Waals surface area contributed by atoms with Crippen molar-refractivity contribution in [1.82, 2.24) is 0 Å². The number of rotatable bonds is 3. The van der Waals surface area contributed by atoms with Gasteiger partial charge in [-0.15, -0.1) is 0 Å². The van der Waals surface area contributed by atoms with Crippen molar-refractivity contribution in [2.24, 2.45) is 5.73 Å². The highest BCUT2D eigenvalue weighted by Gasteiger charge is 2.33. The van der Waals surface area contributed by atoms with Gasteiger partial charge in [0.25, 0.3) is 0 Å². The maximum atomic E-state index is 11.8. The van der Waals surface area contributed by atoms with Crippen LogP contribution in [0, 0.1) is 13.8 Å². The summed E-state index contributed by atoms with van der Waals surface area (Å²) in [5.41, 5.74) is 7.95. The lowest BCUT2D eigenvalue weighted by molar-refractivity contribution is -0.149. The summed E-state index contributed by atoms with van der Waals surface area (Å²) < 4.78 is 4.98. The minimum Gasteiger partial charge on any atom is -0.464 e. The predicted molar refractivity (Wildman–Crippen MR) is 64.1 cm³/mol. The van der Waals surface area contributed by atoms with Gasteiger partial charge in [0, 0.05) is 0 Å². The zero-order chi connectivity index (χ0) is 12.3. The van der Waals surface area contributed by atoms with Gasteiger partial charge < -0.3 is 10.5 Å². The first-order valence-corrected chi connectivity index (χ1v) is 5.43. The van der Waals surface area contributed by atoms with E-state index in [0.717, 1.165) is 16.7 Å². The van der Waals surface area contributed by atoms with Crippen molar-refractivity contribution in [1.29, 1.82) is 0 Å². The summed E-state index contributed by atoms with van der Waals surface area (Å²) >= 11 is 0. The molecule has 2 N–H and O–H groups in total. The van der Waals surface area contributed by atoms with Gasteiger partial charge in [-0.3, -0.25) is 0 Å².